The van der Waals surface area contributed by atoms with Gasteiger partial charge in [0.2, 0.25) is 0 Å². The molecule has 0 saturated heterocycles. The van der Waals surface area contributed by atoms with Crippen LogP contribution >= 0.6 is 11.3 Å². The van der Waals surface area contributed by atoms with E-state index in [1.807, 2.05) is 0 Å². The van der Waals surface area contributed by atoms with Crippen molar-refractivity contribution in [2.24, 2.45) is 4.99 Å². The predicted molar refractivity (Wildman–Crippen MR) is 143 cm³/mol. The molecule has 2 aromatic heterocycles. The third-order valence-electron chi connectivity index (χ3n) is 6.32. The van der Waals surface area contributed by atoms with Gasteiger partial charge >= 0.3 is 12.1 Å². The summed E-state index contributed by atoms with van der Waals surface area (Å²) >= 11 is 1.11. The molecule has 2 aromatic carbocycles. The first-order valence-corrected chi connectivity index (χ1v) is 13.0. The minimum absolute atomic E-state index is 0.155. The number of fused-ring (bicyclic) bond motifs is 1. The topological polar surface area (TPSA) is 83.0 Å². The lowest BCUT2D eigenvalue weighted by atomic mass is 9.96. The van der Waals surface area contributed by atoms with E-state index in [2.05, 4.69) is 4.99 Å². The summed E-state index contributed by atoms with van der Waals surface area (Å²) in [5, 5.41) is 0. The fraction of sp³-hybridized carbons (Fsp3) is 0.207. The van der Waals surface area contributed by atoms with Crippen LogP contribution in [-0.4, -0.2) is 24.3 Å². The van der Waals surface area contributed by atoms with Gasteiger partial charge in [-0.25, -0.2) is 9.79 Å². The summed E-state index contributed by atoms with van der Waals surface area (Å²) < 4.78 is 57.5. The van der Waals surface area contributed by atoms with Gasteiger partial charge in [-0.15, -0.1) is 0 Å². The maximum atomic E-state index is 13.7. The molecule has 11 heteroatoms. The molecule has 206 valence electrons. The number of alkyl halides is 3. The average Bonchev–Trinajstić information content (AvgIpc) is 3.52. The molecule has 3 heterocycles. The van der Waals surface area contributed by atoms with Gasteiger partial charge in [0.05, 0.1) is 41.1 Å². The SMILES string of the molecule is CCOC(=O)C1=C(C)N=c2s/c(=C/c3ccc(-c4cccc(C(F)(F)F)c4)o3)c(=O)n2C1c1ccc(OC)cc1. The normalized spacial score (nSPS) is 15.6. The van der Waals surface area contributed by atoms with Gasteiger partial charge in [0.25, 0.3) is 5.56 Å². The van der Waals surface area contributed by atoms with Crippen molar-refractivity contribution in [1.29, 1.82) is 0 Å². The van der Waals surface area contributed by atoms with Gasteiger partial charge < -0.3 is 13.9 Å². The van der Waals surface area contributed by atoms with Crippen LogP contribution in [0.2, 0.25) is 0 Å². The van der Waals surface area contributed by atoms with Crippen molar-refractivity contribution in [2.45, 2.75) is 26.1 Å². The van der Waals surface area contributed by atoms with Crippen LogP contribution in [0.5, 0.6) is 5.75 Å². The van der Waals surface area contributed by atoms with Gasteiger partial charge in [0, 0.05) is 11.6 Å². The van der Waals surface area contributed by atoms with Gasteiger partial charge in [0.1, 0.15) is 17.3 Å². The first kappa shape index (κ1) is 27.2. The number of halogens is 3. The fourth-order valence-electron chi connectivity index (χ4n) is 4.46. The van der Waals surface area contributed by atoms with Gasteiger partial charge in [-0.3, -0.25) is 9.36 Å². The van der Waals surface area contributed by atoms with Crippen LogP contribution in [-0.2, 0) is 15.7 Å². The van der Waals surface area contributed by atoms with E-state index >= 15 is 0 Å². The lowest BCUT2D eigenvalue weighted by molar-refractivity contribution is -0.139. The molecule has 4 aromatic rings. The number of thiazole rings is 1. The van der Waals surface area contributed by atoms with Crippen LogP contribution in [0.4, 0.5) is 13.2 Å². The van der Waals surface area contributed by atoms with Crippen LogP contribution in [0.1, 0.15) is 36.8 Å². The Kier molecular flexibility index (Phi) is 7.24. The average molecular weight is 569 g/mol. The molecule has 0 fully saturated rings. The number of ether oxygens (including phenoxy) is 2. The molecule has 1 atom stereocenters. The van der Waals surface area contributed by atoms with E-state index in [4.69, 9.17) is 13.9 Å². The number of hydrogen-bond donors (Lipinski definition) is 0. The molecule has 0 spiro atoms. The minimum atomic E-state index is -4.49. The van der Waals surface area contributed by atoms with Crippen LogP contribution < -0.4 is 19.6 Å². The number of hydrogen-bond acceptors (Lipinski definition) is 7. The highest BCUT2D eigenvalue weighted by Gasteiger charge is 2.33. The number of benzene rings is 2. The van der Waals surface area contributed by atoms with Crippen molar-refractivity contribution in [3.05, 3.63) is 109 Å². The number of methoxy groups -OCH3 is 1. The van der Waals surface area contributed by atoms with Crippen molar-refractivity contribution in [1.82, 2.24) is 4.57 Å². The third-order valence-corrected chi connectivity index (χ3v) is 7.31. The molecule has 7 nitrogen and oxygen atoms in total. The second-order valence-corrected chi connectivity index (χ2v) is 9.87. The quantitative estimate of drug-likeness (QED) is 0.303. The number of esters is 1. The molecule has 1 aliphatic rings. The molecule has 1 unspecified atom stereocenters. The smallest absolute Gasteiger partial charge is 0.416 e. The summed E-state index contributed by atoms with van der Waals surface area (Å²) in [6.07, 6.45) is -2.98. The molecule has 0 N–H and O–H groups in total. The highest BCUT2D eigenvalue weighted by Crippen LogP contribution is 2.33. The van der Waals surface area contributed by atoms with Gasteiger partial charge in [-0.1, -0.05) is 35.6 Å². The molecule has 0 amide bonds. The Labute approximate surface area is 230 Å². The van der Waals surface area contributed by atoms with Crippen molar-refractivity contribution < 1.29 is 31.9 Å². The largest absolute Gasteiger partial charge is 0.497 e. The van der Waals surface area contributed by atoms with Crippen LogP contribution in [0.15, 0.2) is 86.1 Å². The first-order valence-electron chi connectivity index (χ1n) is 12.2. The zero-order valence-corrected chi connectivity index (χ0v) is 22.4. The minimum Gasteiger partial charge on any atom is -0.497 e. The Balaban J connectivity index is 1.60. The zero-order valence-electron chi connectivity index (χ0n) is 21.6. The Bertz CT molecular complexity index is 1800. The molecule has 5 rings (SSSR count). The molecule has 40 heavy (non-hydrogen) atoms. The first-order chi connectivity index (χ1) is 19.1. The number of rotatable bonds is 6. The van der Waals surface area contributed by atoms with Crippen molar-refractivity contribution >= 4 is 23.4 Å². The number of carbonyl (C=O) groups excluding carboxylic acids is 1. The van der Waals surface area contributed by atoms with Gasteiger partial charge in [-0.2, -0.15) is 13.2 Å². The van der Waals surface area contributed by atoms with E-state index in [1.54, 1.807) is 57.4 Å². The van der Waals surface area contributed by atoms with E-state index in [1.165, 1.54) is 22.8 Å². The predicted octanol–water partition coefficient (Wildman–Crippen LogP) is 5.09. The molecule has 0 aliphatic carbocycles. The van der Waals surface area contributed by atoms with E-state index < -0.39 is 29.3 Å². The summed E-state index contributed by atoms with van der Waals surface area (Å²) in [7, 11) is 1.54. The Morgan fingerprint density at radius 1 is 1.15 bits per heavy atom. The van der Waals surface area contributed by atoms with Crippen molar-refractivity contribution in [3.8, 4) is 17.1 Å². The molecular weight excluding hydrogens is 545 g/mol. The summed E-state index contributed by atoms with van der Waals surface area (Å²) in [6, 6.07) is 14.2. The summed E-state index contributed by atoms with van der Waals surface area (Å²) in [4.78, 5) is 31.6. The van der Waals surface area contributed by atoms with Crippen LogP contribution in [0.25, 0.3) is 17.4 Å². The lowest BCUT2D eigenvalue weighted by Gasteiger charge is -2.24. The van der Waals surface area contributed by atoms with E-state index in [9.17, 15) is 22.8 Å². The van der Waals surface area contributed by atoms with Gasteiger partial charge in [0.15, 0.2) is 4.80 Å². The lowest BCUT2D eigenvalue weighted by Crippen LogP contribution is -2.39. The molecule has 0 radical (unpaired) electrons. The summed E-state index contributed by atoms with van der Waals surface area (Å²) in [5.41, 5.74) is 0.395. The van der Waals surface area contributed by atoms with Crippen molar-refractivity contribution in [2.75, 3.05) is 13.7 Å². The van der Waals surface area contributed by atoms with Gasteiger partial charge in [-0.05, 0) is 55.8 Å². The maximum Gasteiger partial charge on any atom is 0.416 e. The Morgan fingerprint density at radius 3 is 2.58 bits per heavy atom. The van der Waals surface area contributed by atoms with Crippen LogP contribution in [0.3, 0.4) is 0 Å². The Morgan fingerprint density at radius 2 is 1.90 bits per heavy atom. The third kappa shape index (κ3) is 5.12. The fourth-order valence-corrected chi connectivity index (χ4v) is 5.48. The Hall–Kier alpha value is -4.38. The maximum absolute atomic E-state index is 13.7. The van der Waals surface area contributed by atoms with Crippen LogP contribution in [0, 0.1) is 0 Å². The van der Waals surface area contributed by atoms with Crippen molar-refractivity contribution in [3.63, 3.8) is 0 Å². The highest BCUT2D eigenvalue weighted by molar-refractivity contribution is 7.07. The van der Waals surface area contributed by atoms with E-state index in [0.29, 0.717) is 21.8 Å². The highest BCUT2D eigenvalue weighted by atomic mass is 32.1. The number of allylic oxidation sites excluding steroid dienone is 1. The molecule has 0 bridgehead atoms. The zero-order chi connectivity index (χ0) is 28.6. The molecule has 1 aliphatic heterocycles. The molecule has 0 saturated carbocycles. The monoisotopic (exact) mass is 568 g/mol. The second kappa shape index (κ2) is 10.6. The second-order valence-electron chi connectivity index (χ2n) is 8.86. The van der Waals surface area contributed by atoms with E-state index in [0.717, 1.165) is 23.5 Å². The summed E-state index contributed by atoms with van der Waals surface area (Å²) in [6.45, 7) is 3.54. The van der Waals surface area contributed by atoms with E-state index in [-0.39, 0.29) is 33.8 Å². The number of furan rings is 1. The molecular formula is C29H23F3N2O5S. The number of aromatic nitrogens is 1. The number of carbonyl (C=O) groups is 1. The summed E-state index contributed by atoms with van der Waals surface area (Å²) in [5.74, 6) is 0.543. The number of nitrogens with zero attached hydrogens (tertiary/aromatic N) is 2. The standard InChI is InChI=1S/C29H23F3N2O5S/c1-4-38-27(36)24-16(2)33-28-34(25(24)17-8-10-20(37-3)11-9-17)26(35)23(40-28)15-21-12-13-22(39-21)18-6-5-7-19(14-18)29(30,31)32/h5-15,25H,4H2,1-3H3/b23-15+.